The Bertz CT molecular complexity index is 697. The van der Waals surface area contributed by atoms with Gasteiger partial charge in [0.2, 0.25) is 0 Å². The van der Waals surface area contributed by atoms with Crippen LogP contribution in [0.15, 0.2) is 60.7 Å². The van der Waals surface area contributed by atoms with Crippen LogP contribution in [0.3, 0.4) is 0 Å². The third kappa shape index (κ3) is 9.55. The molecular formula is C26H38N2O2. The number of ether oxygens (including phenoxy) is 1. The van der Waals surface area contributed by atoms with E-state index >= 15 is 0 Å². The highest BCUT2D eigenvalue weighted by Crippen LogP contribution is 2.16. The van der Waals surface area contributed by atoms with Crippen molar-refractivity contribution in [1.29, 1.82) is 0 Å². The normalized spacial score (nSPS) is 12.9. The average molecular weight is 411 g/mol. The number of carbonyl (C=O) groups is 1. The molecule has 4 heteroatoms. The minimum absolute atomic E-state index is 0.134. The second kappa shape index (κ2) is 11.9. The molecule has 164 valence electrons. The maximum absolute atomic E-state index is 13.0. The molecule has 0 aliphatic heterocycles. The smallest absolute Gasteiger partial charge is 0.312 e. The topological polar surface area (TPSA) is 41.6 Å². The summed E-state index contributed by atoms with van der Waals surface area (Å²) in [4.78, 5) is 15.3. The number of nitrogens with one attached hydrogen (secondary N) is 1. The van der Waals surface area contributed by atoms with E-state index < -0.39 is 5.60 Å². The zero-order chi connectivity index (χ0) is 22.0. The van der Waals surface area contributed by atoms with Gasteiger partial charge in [-0.15, -0.1) is 0 Å². The Kier molecular flexibility index (Phi) is 9.54. The summed E-state index contributed by atoms with van der Waals surface area (Å²) < 4.78 is 5.75. The lowest BCUT2D eigenvalue weighted by Gasteiger charge is -2.29. The molecule has 2 aromatic carbocycles. The minimum Gasteiger partial charge on any atom is -0.460 e. The van der Waals surface area contributed by atoms with Crippen molar-refractivity contribution in [2.45, 2.75) is 53.3 Å². The van der Waals surface area contributed by atoms with E-state index in [0.29, 0.717) is 19.0 Å². The summed E-state index contributed by atoms with van der Waals surface area (Å²) in [7, 11) is 0. The van der Waals surface area contributed by atoms with E-state index in [4.69, 9.17) is 4.74 Å². The van der Waals surface area contributed by atoms with Crippen LogP contribution in [0.1, 0.15) is 45.7 Å². The summed E-state index contributed by atoms with van der Waals surface area (Å²) in [6, 6.07) is 20.9. The summed E-state index contributed by atoms with van der Waals surface area (Å²) in [5.74, 6) is 0.175. The van der Waals surface area contributed by atoms with Crippen LogP contribution < -0.4 is 5.32 Å². The van der Waals surface area contributed by atoms with Crippen molar-refractivity contribution in [3.05, 3.63) is 71.8 Å². The van der Waals surface area contributed by atoms with Crippen molar-refractivity contribution in [2.75, 3.05) is 19.6 Å². The van der Waals surface area contributed by atoms with Crippen LogP contribution in [0.5, 0.6) is 0 Å². The number of nitrogens with zero attached hydrogens (tertiary/aromatic N) is 1. The molecule has 0 aliphatic carbocycles. The standard InChI is InChI=1S/C26H38N2O2/c1-21(2)16-27-17-24(25(29)30-26(3,4)5)20-28(18-22-12-8-6-9-13-22)19-23-14-10-7-11-15-23/h6-15,21,24,27H,16-20H2,1-5H3. The highest BCUT2D eigenvalue weighted by molar-refractivity contribution is 5.73. The van der Waals surface area contributed by atoms with Gasteiger partial charge < -0.3 is 10.1 Å². The molecule has 2 rings (SSSR count). The zero-order valence-corrected chi connectivity index (χ0v) is 19.2. The molecule has 0 bridgehead atoms. The Morgan fingerprint density at radius 2 is 1.40 bits per heavy atom. The SMILES string of the molecule is CC(C)CNCC(CN(Cc1ccccc1)Cc1ccccc1)C(=O)OC(C)(C)C. The van der Waals surface area contributed by atoms with Gasteiger partial charge in [-0.1, -0.05) is 74.5 Å². The fourth-order valence-corrected chi connectivity index (χ4v) is 3.33. The summed E-state index contributed by atoms with van der Waals surface area (Å²) in [6.07, 6.45) is 0. The first-order valence-electron chi connectivity index (χ1n) is 11.0. The molecule has 4 nitrogen and oxygen atoms in total. The second-order valence-electron chi connectivity index (χ2n) is 9.42. The molecule has 0 spiro atoms. The van der Waals surface area contributed by atoms with Crippen molar-refractivity contribution in [3.8, 4) is 0 Å². The van der Waals surface area contributed by atoms with Crippen LogP contribution >= 0.6 is 0 Å². The van der Waals surface area contributed by atoms with Crippen LogP contribution in [0, 0.1) is 11.8 Å². The molecule has 1 atom stereocenters. The summed E-state index contributed by atoms with van der Waals surface area (Å²) >= 11 is 0. The number of rotatable bonds is 11. The lowest BCUT2D eigenvalue weighted by Crippen LogP contribution is -2.42. The van der Waals surface area contributed by atoms with Gasteiger partial charge in [-0.25, -0.2) is 0 Å². The molecule has 0 aliphatic rings. The van der Waals surface area contributed by atoms with Crippen molar-refractivity contribution in [2.24, 2.45) is 11.8 Å². The van der Waals surface area contributed by atoms with Crippen LogP contribution in [0.25, 0.3) is 0 Å². The van der Waals surface area contributed by atoms with Crippen LogP contribution in [-0.4, -0.2) is 36.1 Å². The van der Waals surface area contributed by atoms with Gasteiger partial charge in [-0.2, -0.15) is 0 Å². The van der Waals surface area contributed by atoms with Crippen LogP contribution in [0.2, 0.25) is 0 Å². The molecule has 0 radical (unpaired) electrons. The number of hydrogen-bond donors (Lipinski definition) is 1. The molecular weight excluding hydrogens is 372 g/mol. The van der Waals surface area contributed by atoms with Crippen molar-refractivity contribution in [3.63, 3.8) is 0 Å². The summed E-state index contributed by atoms with van der Waals surface area (Å²) in [5.41, 5.74) is 2.00. The quantitative estimate of drug-likeness (QED) is 0.536. The largest absolute Gasteiger partial charge is 0.460 e. The first-order chi connectivity index (χ1) is 14.2. The Morgan fingerprint density at radius 3 is 1.83 bits per heavy atom. The lowest BCUT2D eigenvalue weighted by molar-refractivity contribution is -0.160. The number of esters is 1. The Balaban J connectivity index is 2.16. The number of hydrogen-bond acceptors (Lipinski definition) is 4. The van der Waals surface area contributed by atoms with E-state index in [1.807, 2.05) is 32.9 Å². The average Bonchev–Trinajstić information content (AvgIpc) is 2.67. The molecule has 1 N–H and O–H groups in total. The molecule has 0 saturated carbocycles. The first kappa shape index (κ1) is 24.1. The summed E-state index contributed by atoms with van der Waals surface area (Å²) in [6.45, 7) is 13.9. The van der Waals surface area contributed by atoms with Crippen molar-refractivity contribution >= 4 is 5.97 Å². The fraction of sp³-hybridized carbons (Fsp3) is 0.500. The van der Waals surface area contributed by atoms with E-state index in [0.717, 1.165) is 19.6 Å². The molecule has 0 fully saturated rings. The molecule has 0 heterocycles. The van der Waals surface area contributed by atoms with E-state index in [1.165, 1.54) is 11.1 Å². The van der Waals surface area contributed by atoms with Gasteiger partial charge in [0.1, 0.15) is 5.60 Å². The Labute approximate surface area is 182 Å². The van der Waals surface area contributed by atoms with Gasteiger partial charge in [0.05, 0.1) is 5.92 Å². The van der Waals surface area contributed by atoms with E-state index in [9.17, 15) is 4.79 Å². The summed E-state index contributed by atoms with van der Waals surface area (Å²) in [5, 5.41) is 3.46. The molecule has 30 heavy (non-hydrogen) atoms. The Morgan fingerprint density at radius 1 is 0.900 bits per heavy atom. The van der Waals surface area contributed by atoms with Crippen molar-refractivity contribution in [1.82, 2.24) is 10.2 Å². The Hall–Kier alpha value is -2.17. The van der Waals surface area contributed by atoms with E-state index in [2.05, 4.69) is 72.6 Å². The van der Waals surface area contributed by atoms with E-state index in [-0.39, 0.29) is 11.9 Å². The van der Waals surface area contributed by atoms with Gasteiger partial charge >= 0.3 is 5.97 Å². The zero-order valence-electron chi connectivity index (χ0n) is 19.2. The van der Waals surface area contributed by atoms with Gasteiger partial charge in [-0.05, 0) is 44.4 Å². The predicted octanol–water partition coefficient (Wildman–Crippen LogP) is 4.89. The van der Waals surface area contributed by atoms with Gasteiger partial charge in [0.15, 0.2) is 0 Å². The molecule has 0 aromatic heterocycles. The highest BCUT2D eigenvalue weighted by Gasteiger charge is 2.27. The number of benzene rings is 2. The second-order valence-corrected chi connectivity index (χ2v) is 9.42. The maximum atomic E-state index is 13.0. The molecule has 2 aromatic rings. The molecule has 1 unspecified atom stereocenters. The third-order valence-corrected chi connectivity index (χ3v) is 4.66. The van der Waals surface area contributed by atoms with Gasteiger partial charge in [0, 0.05) is 26.2 Å². The minimum atomic E-state index is -0.489. The van der Waals surface area contributed by atoms with Crippen molar-refractivity contribution < 1.29 is 9.53 Å². The third-order valence-electron chi connectivity index (χ3n) is 4.66. The number of carbonyl (C=O) groups excluding carboxylic acids is 1. The molecule has 0 saturated heterocycles. The predicted molar refractivity (Wildman–Crippen MR) is 124 cm³/mol. The first-order valence-corrected chi connectivity index (χ1v) is 11.0. The fourth-order valence-electron chi connectivity index (χ4n) is 3.33. The molecule has 0 amide bonds. The van der Waals surface area contributed by atoms with E-state index in [1.54, 1.807) is 0 Å². The van der Waals surface area contributed by atoms with Gasteiger partial charge in [-0.3, -0.25) is 9.69 Å². The van der Waals surface area contributed by atoms with Crippen LogP contribution in [0.4, 0.5) is 0 Å². The lowest BCUT2D eigenvalue weighted by atomic mass is 10.1. The highest BCUT2D eigenvalue weighted by atomic mass is 16.6. The monoisotopic (exact) mass is 410 g/mol. The van der Waals surface area contributed by atoms with Crippen LogP contribution in [-0.2, 0) is 22.6 Å². The maximum Gasteiger partial charge on any atom is 0.312 e. The van der Waals surface area contributed by atoms with Gasteiger partial charge in [0.25, 0.3) is 0 Å².